The van der Waals surface area contributed by atoms with Gasteiger partial charge in [-0.15, -0.1) is 10.2 Å². The van der Waals surface area contributed by atoms with Gasteiger partial charge in [0.2, 0.25) is 0 Å². The molecule has 0 saturated heterocycles. The Morgan fingerprint density at radius 1 is 1.44 bits per heavy atom. The van der Waals surface area contributed by atoms with Crippen LogP contribution >= 0.6 is 0 Å². The highest BCUT2D eigenvalue weighted by Crippen LogP contribution is 2.05. The molecule has 0 aliphatic heterocycles. The number of nitrogens with one attached hydrogen (secondary N) is 1. The van der Waals surface area contributed by atoms with Crippen LogP contribution in [0.15, 0.2) is 24.7 Å². The summed E-state index contributed by atoms with van der Waals surface area (Å²) < 4.78 is 1.92. The van der Waals surface area contributed by atoms with Gasteiger partial charge >= 0.3 is 0 Å². The van der Waals surface area contributed by atoms with E-state index in [9.17, 15) is 0 Å². The lowest BCUT2D eigenvalue weighted by atomic mass is 10.3. The van der Waals surface area contributed by atoms with Gasteiger partial charge in [-0.05, 0) is 24.6 Å². The lowest BCUT2D eigenvalue weighted by Gasteiger charge is -2.05. The van der Waals surface area contributed by atoms with Crippen molar-refractivity contribution in [3.63, 3.8) is 0 Å². The van der Waals surface area contributed by atoms with Gasteiger partial charge in [-0.2, -0.15) is 0 Å². The van der Waals surface area contributed by atoms with Crippen LogP contribution in [0.5, 0.6) is 0 Å². The Morgan fingerprint density at radius 3 is 3.00 bits per heavy atom. The molecule has 2 rings (SSSR count). The molecule has 5 nitrogen and oxygen atoms in total. The highest BCUT2D eigenvalue weighted by Gasteiger charge is 2.00. The topological polar surface area (TPSA) is 55.6 Å². The average molecular weight is 217 g/mol. The zero-order chi connectivity index (χ0) is 11.4. The summed E-state index contributed by atoms with van der Waals surface area (Å²) in [5.74, 6) is 1.88. The van der Waals surface area contributed by atoms with Crippen molar-refractivity contribution in [3.05, 3.63) is 36.0 Å². The predicted molar refractivity (Wildman–Crippen MR) is 62.2 cm³/mol. The van der Waals surface area contributed by atoms with Crippen LogP contribution in [-0.4, -0.2) is 26.3 Å². The van der Waals surface area contributed by atoms with E-state index in [1.54, 1.807) is 12.5 Å². The van der Waals surface area contributed by atoms with Gasteiger partial charge in [0.15, 0.2) is 0 Å². The highest BCUT2D eigenvalue weighted by molar-refractivity contribution is 5.36. The molecule has 0 aliphatic rings. The van der Waals surface area contributed by atoms with Gasteiger partial charge in [-0.3, -0.25) is 0 Å². The minimum absolute atomic E-state index is 0.809. The van der Waals surface area contributed by atoms with Gasteiger partial charge in [0.1, 0.15) is 18.0 Å². The van der Waals surface area contributed by atoms with Gasteiger partial charge in [0, 0.05) is 26.2 Å². The number of rotatable bonds is 4. The predicted octanol–water partition coefficient (Wildman–Crippen LogP) is 1.17. The van der Waals surface area contributed by atoms with E-state index < -0.39 is 0 Å². The van der Waals surface area contributed by atoms with E-state index in [0.29, 0.717) is 0 Å². The Labute approximate surface area is 94.5 Å². The van der Waals surface area contributed by atoms with E-state index in [4.69, 9.17) is 0 Å². The maximum Gasteiger partial charge on any atom is 0.134 e. The van der Waals surface area contributed by atoms with Crippen molar-refractivity contribution in [2.75, 3.05) is 11.9 Å². The van der Waals surface area contributed by atoms with Crippen molar-refractivity contribution in [1.29, 1.82) is 0 Å². The van der Waals surface area contributed by atoms with E-state index >= 15 is 0 Å². The molecule has 0 aromatic carbocycles. The lowest BCUT2D eigenvalue weighted by molar-refractivity contribution is 0.787. The van der Waals surface area contributed by atoms with E-state index in [1.165, 1.54) is 5.56 Å². The molecular formula is C11H15N5. The lowest BCUT2D eigenvalue weighted by Crippen LogP contribution is -2.09. The zero-order valence-electron chi connectivity index (χ0n) is 9.51. The van der Waals surface area contributed by atoms with Crippen molar-refractivity contribution < 1.29 is 0 Å². The standard InChI is InChI=1S/C11H15N5/c1-9-3-5-12-10(7-9)13-6-4-11-15-14-8-16(11)2/h3,5,7-8H,4,6H2,1-2H3,(H,12,13). The van der Waals surface area contributed by atoms with Crippen LogP contribution in [0.3, 0.4) is 0 Å². The molecule has 0 bridgehead atoms. The minimum Gasteiger partial charge on any atom is -0.370 e. The molecule has 0 radical (unpaired) electrons. The number of pyridine rings is 1. The molecule has 84 valence electrons. The molecule has 2 aromatic rings. The molecule has 0 fully saturated rings. The van der Waals surface area contributed by atoms with E-state index in [1.807, 2.05) is 23.7 Å². The van der Waals surface area contributed by atoms with Crippen molar-refractivity contribution in [2.45, 2.75) is 13.3 Å². The van der Waals surface area contributed by atoms with Crippen LogP contribution in [-0.2, 0) is 13.5 Å². The van der Waals surface area contributed by atoms with Crippen LogP contribution < -0.4 is 5.32 Å². The number of anilines is 1. The molecule has 0 atom stereocenters. The first-order chi connectivity index (χ1) is 7.75. The fourth-order valence-electron chi connectivity index (χ4n) is 1.47. The van der Waals surface area contributed by atoms with E-state index in [2.05, 4.69) is 27.4 Å². The monoisotopic (exact) mass is 217 g/mol. The van der Waals surface area contributed by atoms with Crippen LogP contribution in [0.25, 0.3) is 0 Å². The van der Waals surface area contributed by atoms with E-state index in [0.717, 1.165) is 24.6 Å². The SMILES string of the molecule is Cc1ccnc(NCCc2nncn2C)c1. The summed E-state index contributed by atoms with van der Waals surface area (Å²) in [6.45, 7) is 2.86. The fraction of sp³-hybridized carbons (Fsp3) is 0.364. The third-order valence-corrected chi connectivity index (χ3v) is 2.38. The number of aryl methyl sites for hydroxylation is 2. The van der Waals surface area contributed by atoms with Crippen molar-refractivity contribution in [1.82, 2.24) is 19.7 Å². The van der Waals surface area contributed by atoms with E-state index in [-0.39, 0.29) is 0 Å². The number of nitrogens with zero attached hydrogens (tertiary/aromatic N) is 4. The zero-order valence-corrected chi connectivity index (χ0v) is 9.51. The molecule has 5 heteroatoms. The minimum atomic E-state index is 0.809. The van der Waals surface area contributed by atoms with Crippen LogP contribution in [0, 0.1) is 6.92 Å². The second kappa shape index (κ2) is 4.74. The Balaban J connectivity index is 1.87. The molecule has 0 aliphatic carbocycles. The Bertz CT molecular complexity index is 463. The Hall–Kier alpha value is -1.91. The third-order valence-electron chi connectivity index (χ3n) is 2.38. The molecule has 0 spiro atoms. The summed E-state index contributed by atoms with van der Waals surface area (Å²) in [4.78, 5) is 4.23. The summed E-state index contributed by atoms with van der Waals surface area (Å²) in [7, 11) is 1.94. The van der Waals surface area contributed by atoms with Crippen LogP contribution in [0.4, 0.5) is 5.82 Å². The smallest absolute Gasteiger partial charge is 0.134 e. The van der Waals surface area contributed by atoms with Gasteiger partial charge in [-0.1, -0.05) is 0 Å². The first-order valence-corrected chi connectivity index (χ1v) is 5.25. The van der Waals surface area contributed by atoms with Crippen LogP contribution in [0.1, 0.15) is 11.4 Å². The Morgan fingerprint density at radius 2 is 2.31 bits per heavy atom. The molecule has 0 amide bonds. The first kappa shape index (κ1) is 10.6. The van der Waals surface area contributed by atoms with Gasteiger partial charge < -0.3 is 9.88 Å². The highest BCUT2D eigenvalue weighted by atomic mass is 15.2. The normalized spacial score (nSPS) is 10.4. The summed E-state index contributed by atoms with van der Waals surface area (Å²) in [5, 5.41) is 11.1. The quantitative estimate of drug-likeness (QED) is 0.835. The van der Waals surface area contributed by atoms with Gasteiger partial charge in [-0.25, -0.2) is 4.98 Å². The number of hydrogen-bond donors (Lipinski definition) is 1. The average Bonchev–Trinajstić information content (AvgIpc) is 2.65. The maximum absolute atomic E-state index is 4.23. The van der Waals surface area contributed by atoms with Gasteiger partial charge in [0.05, 0.1) is 0 Å². The van der Waals surface area contributed by atoms with Crippen molar-refractivity contribution in [3.8, 4) is 0 Å². The summed E-state index contributed by atoms with van der Waals surface area (Å²) in [6.07, 6.45) is 4.35. The molecular weight excluding hydrogens is 202 g/mol. The van der Waals surface area contributed by atoms with Crippen molar-refractivity contribution >= 4 is 5.82 Å². The fourth-order valence-corrected chi connectivity index (χ4v) is 1.47. The second-order valence-corrected chi connectivity index (χ2v) is 3.75. The first-order valence-electron chi connectivity index (χ1n) is 5.25. The Kier molecular flexibility index (Phi) is 3.14. The molecule has 0 saturated carbocycles. The molecule has 2 heterocycles. The third kappa shape index (κ3) is 2.56. The number of aromatic nitrogens is 4. The molecule has 0 unspecified atom stereocenters. The largest absolute Gasteiger partial charge is 0.370 e. The second-order valence-electron chi connectivity index (χ2n) is 3.75. The summed E-state index contributed by atoms with van der Waals surface area (Å²) >= 11 is 0. The molecule has 1 N–H and O–H groups in total. The number of hydrogen-bond acceptors (Lipinski definition) is 4. The summed E-state index contributed by atoms with van der Waals surface area (Å²) in [5.41, 5.74) is 1.20. The molecule has 2 aromatic heterocycles. The summed E-state index contributed by atoms with van der Waals surface area (Å²) in [6, 6.07) is 4.00. The van der Waals surface area contributed by atoms with Gasteiger partial charge in [0.25, 0.3) is 0 Å². The maximum atomic E-state index is 4.23. The molecule has 16 heavy (non-hydrogen) atoms. The van der Waals surface area contributed by atoms with Crippen LogP contribution in [0.2, 0.25) is 0 Å². The van der Waals surface area contributed by atoms with Crippen molar-refractivity contribution in [2.24, 2.45) is 7.05 Å².